The summed E-state index contributed by atoms with van der Waals surface area (Å²) >= 11 is 2.71. The number of hydrogen-bond acceptors (Lipinski definition) is 8. The van der Waals surface area contributed by atoms with Gasteiger partial charge >= 0.3 is 0 Å². The van der Waals surface area contributed by atoms with Crippen molar-refractivity contribution >= 4 is 45.2 Å². The summed E-state index contributed by atoms with van der Waals surface area (Å²) < 4.78 is 10.8. The maximum atomic E-state index is 12.3. The van der Waals surface area contributed by atoms with Crippen LogP contribution in [0.15, 0.2) is 58.2 Å². The number of nitrogens with one attached hydrogen (secondary N) is 1. The minimum atomic E-state index is -0.167. The van der Waals surface area contributed by atoms with E-state index in [1.54, 1.807) is 21.0 Å². The lowest BCUT2D eigenvalue weighted by atomic mass is 10.1. The number of aliphatic hydroxyl groups is 1. The van der Waals surface area contributed by atoms with Crippen LogP contribution >= 0.6 is 23.1 Å². The molecule has 0 radical (unpaired) electrons. The summed E-state index contributed by atoms with van der Waals surface area (Å²) in [4.78, 5) is 22.2. The van der Waals surface area contributed by atoms with E-state index in [0.29, 0.717) is 15.9 Å². The van der Waals surface area contributed by atoms with E-state index in [1.807, 2.05) is 55.5 Å². The van der Waals surface area contributed by atoms with Crippen LogP contribution in [0.25, 0.3) is 22.4 Å². The van der Waals surface area contributed by atoms with Gasteiger partial charge in [-0.3, -0.25) is 4.79 Å². The molecule has 0 aliphatic carbocycles. The van der Waals surface area contributed by atoms with Crippen LogP contribution in [0.4, 0.5) is 5.13 Å². The summed E-state index contributed by atoms with van der Waals surface area (Å²) in [5, 5.41) is 12.0. The Morgan fingerprint density at radius 3 is 2.53 bits per heavy atom. The number of carbonyl (C=O) groups excluding carboxylic acids is 1. The highest BCUT2D eigenvalue weighted by molar-refractivity contribution is 7.99. The van der Waals surface area contributed by atoms with Crippen molar-refractivity contribution in [3.8, 4) is 17.0 Å². The molecule has 32 heavy (non-hydrogen) atoms. The summed E-state index contributed by atoms with van der Waals surface area (Å²) in [6.07, 6.45) is -0.167. The Morgan fingerprint density at radius 2 is 1.88 bits per heavy atom. The number of amides is 1. The lowest BCUT2D eigenvalue weighted by Gasteiger charge is -2.02. The molecular formula is C23H25N3O4S2. The largest absolute Gasteiger partial charge is 0.497 e. The van der Waals surface area contributed by atoms with E-state index in [9.17, 15) is 4.79 Å². The Bertz CT molecular complexity index is 1130. The molecule has 9 heteroatoms. The molecule has 4 aromatic rings. The van der Waals surface area contributed by atoms with Gasteiger partial charge in [-0.2, -0.15) is 0 Å². The molecule has 2 heterocycles. The number of nitrogens with zero attached hydrogens (tertiary/aromatic N) is 2. The third-order valence-electron chi connectivity index (χ3n) is 4.01. The molecule has 0 fully saturated rings. The summed E-state index contributed by atoms with van der Waals surface area (Å²) in [5.74, 6) is 0.840. The first-order valence-electron chi connectivity index (χ1n) is 9.94. The molecule has 0 atom stereocenters. The number of ether oxygens (including phenoxy) is 1. The average molecular weight is 472 g/mol. The van der Waals surface area contributed by atoms with Crippen LogP contribution in [0, 0.1) is 6.92 Å². The highest BCUT2D eigenvalue weighted by atomic mass is 32.2. The zero-order valence-electron chi connectivity index (χ0n) is 18.3. The van der Waals surface area contributed by atoms with Gasteiger partial charge in [0.1, 0.15) is 11.3 Å². The van der Waals surface area contributed by atoms with Crippen molar-refractivity contribution in [1.82, 2.24) is 9.97 Å². The first kappa shape index (κ1) is 23.8. The van der Waals surface area contributed by atoms with Crippen LogP contribution in [0.1, 0.15) is 18.7 Å². The van der Waals surface area contributed by atoms with Gasteiger partial charge in [-0.05, 0) is 57.2 Å². The molecule has 2 aromatic carbocycles. The predicted molar refractivity (Wildman–Crippen MR) is 130 cm³/mol. The second-order valence-corrected chi connectivity index (χ2v) is 9.16. The van der Waals surface area contributed by atoms with Crippen molar-refractivity contribution in [3.05, 3.63) is 53.4 Å². The number of carbonyl (C=O) groups is 1. The number of thiazole rings is 1. The summed E-state index contributed by atoms with van der Waals surface area (Å²) in [6.45, 7) is 5.43. The summed E-state index contributed by atoms with van der Waals surface area (Å²) in [6, 6.07) is 15.2. The van der Waals surface area contributed by atoms with E-state index in [4.69, 9.17) is 14.3 Å². The second kappa shape index (κ2) is 11.1. The number of anilines is 1. The fraction of sp³-hybridized carbons (Fsp3) is 0.261. The van der Waals surface area contributed by atoms with Crippen LogP contribution in [0.2, 0.25) is 0 Å². The summed E-state index contributed by atoms with van der Waals surface area (Å²) in [5.41, 5.74) is 3.33. The standard InChI is InChI=1S/C20H17N3O3S2.C3H8O/c1-12-18(13-7-9-14(25-2)10-8-13)23-19(28-12)22-17(24)11-27-20-21-15-5-3-4-6-16(15)26-20;1-3(2)4/h3-10H,11H2,1-2H3,(H,22,23,24);3-4H,1-2H3. The number of aromatic nitrogens is 2. The number of thioether (sulfide) groups is 1. The van der Waals surface area contributed by atoms with E-state index in [0.717, 1.165) is 27.4 Å². The molecule has 0 saturated carbocycles. The normalized spacial score (nSPS) is 10.7. The smallest absolute Gasteiger partial charge is 0.257 e. The molecule has 0 saturated heterocycles. The molecule has 168 valence electrons. The molecule has 1 amide bonds. The van der Waals surface area contributed by atoms with Crippen LogP contribution < -0.4 is 10.1 Å². The highest BCUT2D eigenvalue weighted by Crippen LogP contribution is 2.31. The van der Waals surface area contributed by atoms with Gasteiger partial charge < -0.3 is 19.6 Å². The number of rotatable bonds is 6. The topological polar surface area (TPSA) is 97.5 Å². The van der Waals surface area contributed by atoms with Crippen LogP contribution in [-0.4, -0.2) is 39.9 Å². The number of para-hydroxylation sites is 2. The van der Waals surface area contributed by atoms with Crippen molar-refractivity contribution in [1.29, 1.82) is 0 Å². The van der Waals surface area contributed by atoms with Gasteiger partial charge in [0.15, 0.2) is 10.7 Å². The van der Waals surface area contributed by atoms with Gasteiger partial charge in [-0.1, -0.05) is 23.9 Å². The average Bonchev–Trinajstić information content (AvgIpc) is 3.34. The number of fused-ring (bicyclic) bond motifs is 1. The fourth-order valence-electron chi connectivity index (χ4n) is 2.66. The van der Waals surface area contributed by atoms with E-state index >= 15 is 0 Å². The molecule has 0 bridgehead atoms. The van der Waals surface area contributed by atoms with Gasteiger partial charge in [0.05, 0.1) is 18.6 Å². The number of aliphatic hydroxyl groups excluding tert-OH is 1. The second-order valence-electron chi connectivity index (χ2n) is 7.03. The quantitative estimate of drug-likeness (QED) is 0.364. The van der Waals surface area contributed by atoms with Crippen LogP contribution in [-0.2, 0) is 4.79 Å². The first-order valence-corrected chi connectivity index (χ1v) is 11.7. The Balaban J connectivity index is 0.000000668. The van der Waals surface area contributed by atoms with Gasteiger partial charge in [0, 0.05) is 16.5 Å². The molecule has 2 N–H and O–H groups in total. The lowest BCUT2D eigenvalue weighted by Crippen LogP contribution is -2.13. The van der Waals surface area contributed by atoms with Gasteiger partial charge in [-0.25, -0.2) is 9.97 Å². The molecule has 0 aliphatic heterocycles. The van der Waals surface area contributed by atoms with Crippen molar-refractivity contribution in [2.45, 2.75) is 32.1 Å². The Morgan fingerprint density at radius 1 is 1.19 bits per heavy atom. The Labute approximate surface area is 194 Å². The lowest BCUT2D eigenvalue weighted by molar-refractivity contribution is -0.113. The predicted octanol–water partition coefficient (Wildman–Crippen LogP) is 5.39. The maximum Gasteiger partial charge on any atom is 0.257 e. The maximum absolute atomic E-state index is 12.3. The molecular weight excluding hydrogens is 446 g/mol. The molecule has 4 rings (SSSR count). The number of aryl methyl sites for hydroxylation is 1. The zero-order chi connectivity index (χ0) is 23.1. The minimum Gasteiger partial charge on any atom is -0.497 e. The minimum absolute atomic E-state index is 0.151. The van der Waals surface area contributed by atoms with Crippen molar-refractivity contribution in [2.75, 3.05) is 18.2 Å². The molecule has 2 aromatic heterocycles. The van der Waals surface area contributed by atoms with Crippen molar-refractivity contribution < 1.29 is 19.1 Å². The van der Waals surface area contributed by atoms with Gasteiger partial charge in [-0.15, -0.1) is 11.3 Å². The first-order chi connectivity index (χ1) is 15.4. The monoisotopic (exact) mass is 471 g/mol. The zero-order valence-corrected chi connectivity index (χ0v) is 19.9. The van der Waals surface area contributed by atoms with Gasteiger partial charge in [0.25, 0.3) is 5.22 Å². The van der Waals surface area contributed by atoms with Crippen molar-refractivity contribution in [3.63, 3.8) is 0 Å². The third-order valence-corrected chi connectivity index (χ3v) is 5.72. The highest BCUT2D eigenvalue weighted by Gasteiger charge is 2.14. The molecule has 0 spiro atoms. The van der Waals surface area contributed by atoms with E-state index in [-0.39, 0.29) is 17.8 Å². The van der Waals surface area contributed by atoms with E-state index < -0.39 is 0 Å². The molecule has 0 aliphatic rings. The summed E-state index contributed by atoms with van der Waals surface area (Å²) in [7, 11) is 1.63. The van der Waals surface area contributed by atoms with E-state index in [1.165, 1.54) is 23.1 Å². The number of hydrogen-bond donors (Lipinski definition) is 2. The number of methoxy groups -OCH3 is 1. The Hall–Kier alpha value is -2.88. The number of benzene rings is 2. The molecule has 0 unspecified atom stereocenters. The van der Waals surface area contributed by atoms with Crippen molar-refractivity contribution in [2.24, 2.45) is 0 Å². The van der Waals surface area contributed by atoms with Gasteiger partial charge in [0.2, 0.25) is 5.91 Å². The Kier molecular flexibility index (Phi) is 8.26. The SMILES string of the molecule is CC(C)O.COc1ccc(-c2nc(NC(=O)CSc3nc4ccccc4o3)sc2C)cc1. The van der Waals surface area contributed by atoms with Crippen LogP contribution in [0.3, 0.4) is 0 Å². The number of oxazole rings is 1. The van der Waals surface area contributed by atoms with E-state index in [2.05, 4.69) is 15.3 Å². The van der Waals surface area contributed by atoms with Crippen LogP contribution in [0.5, 0.6) is 5.75 Å². The fourth-order valence-corrected chi connectivity index (χ4v) is 4.15. The third kappa shape index (κ3) is 6.56. The molecule has 7 nitrogen and oxygen atoms in total.